The minimum Gasteiger partial charge on any atom is -0.481 e. The predicted molar refractivity (Wildman–Crippen MR) is 64.3 cm³/mol. The van der Waals surface area contributed by atoms with Gasteiger partial charge in [0.2, 0.25) is 0 Å². The Morgan fingerprint density at radius 3 is 2.78 bits per heavy atom. The van der Waals surface area contributed by atoms with Gasteiger partial charge in [-0.2, -0.15) is 0 Å². The van der Waals surface area contributed by atoms with Crippen molar-refractivity contribution < 1.29 is 19.4 Å². The summed E-state index contributed by atoms with van der Waals surface area (Å²) < 4.78 is 5.35. The van der Waals surface area contributed by atoms with Crippen molar-refractivity contribution in [3.63, 3.8) is 0 Å². The summed E-state index contributed by atoms with van der Waals surface area (Å²) in [6.07, 6.45) is 4.49. The van der Waals surface area contributed by atoms with E-state index in [4.69, 9.17) is 9.84 Å². The van der Waals surface area contributed by atoms with Gasteiger partial charge in [-0.25, -0.2) is 4.79 Å². The molecule has 0 radical (unpaired) electrons. The minimum atomic E-state index is -0.893. The van der Waals surface area contributed by atoms with Gasteiger partial charge in [-0.05, 0) is 6.42 Å². The standard InChI is InChI=1S/C12H18N2O4/c15-11(16)8-10-9-14(6-7-18-10)12(17)13-4-2-1-3-5-13/h1-2,10H,3-9H2,(H,15,16). The predicted octanol–water partition coefficient (Wildman–Crippen LogP) is 0.544. The number of ether oxygens (including phenoxy) is 1. The van der Waals surface area contributed by atoms with Crippen LogP contribution in [0.4, 0.5) is 4.79 Å². The van der Waals surface area contributed by atoms with E-state index in [9.17, 15) is 9.59 Å². The second-order valence-corrected chi connectivity index (χ2v) is 4.53. The number of hydrogen-bond donors (Lipinski definition) is 1. The summed E-state index contributed by atoms with van der Waals surface area (Å²) in [5.41, 5.74) is 0. The first-order valence-electron chi connectivity index (χ1n) is 6.19. The van der Waals surface area contributed by atoms with Crippen LogP contribution in [0.3, 0.4) is 0 Å². The van der Waals surface area contributed by atoms with Crippen LogP contribution >= 0.6 is 0 Å². The van der Waals surface area contributed by atoms with Gasteiger partial charge >= 0.3 is 12.0 Å². The molecule has 0 saturated carbocycles. The van der Waals surface area contributed by atoms with E-state index in [2.05, 4.69) is 6.08 Å². The van der Waals surface area contributed by atoms with E-state index in [1.807, 2.05) is 6.08 Å². The van der Waals surface area contributed by atoms with Crippen LogP contribution in [0.5, 0.6) is 0 Å². The zero-order valence-electron chi connectivity index (χ0n) is 10.2. The molecule has 18 heavy (non-hydrogen) atoms. The van der Waals surface area contributed by atoms with E-state index in [-0.39, 0.29) is 18.6 Å². The number of carbonyl (C=O) groups is 2. The third-order valence-electron chi connectivity index (χ3n) is 3.14. The fourth-order valence-electron chi connectivity index (χ4n) is 2.23. The number of urea groups is 1. The number of hydrogen-bond acceptors (Lipinski definition) is 3. The van der Waals surface area contributed by atoms with Crippen LogP contribution in [0.25, 0.3) is 0 Å². The lowest BCUT2D eigenvalue weighted by atomic mass is 10.2. The molecule has 0 aromatic carbocycles. The molecule has 2 rings (SSSR count). The number of carboxylic acid groups (broad SMARTS) is 1. The lowest BCUT2D eigenvalue weighted by Crippen LogP contribution is -2.52. The number of morpholine rings is 1. The molecule has 0 aromatic rings. The smallest absolute Gasteiger partial charge is 0.320 e. The average molecular weight is 254 g/mol. The lowest BCUT2D eigenvalue weighted by molar-refractivity contribution is -0.141. The summed E-state index contributed by atoms with van der Waals surface area (Å²) in [4.78, 5) is 26.3. The van der Waals surface area contributed by atoms with Crippen LogP contribution in [0.1, 0.15) is 12.8 Å². The molecule has 1 atom stereocenters. The molecule has 1 unspecified atom stereocenters. The molecule has 1 N–H and O–H groups in total. The first-order chi connectivity index (χ1) is 8.66. The highest BCUT2D eigenvalue weighted by atomic mass is 16.5. The Morgan fingerprint density at radius 1 is 1.28 bits per heavy atom. The highest BCUT2D eigenvalue weighted by Gasteiger charge is 2.28. The molecule has 0 aromatic heterocycles. The number of aliphatic carboxylic acids is 1. The van der Waals surface area contributed by atoms with Gasteiger partial charge in [-0.1, -0.05) is 12.2 Å². The van der Waals surface area contributed by atoms with E-state index in [0.29, 0.717) is 26.2 Å². The van der Waals surface area contributed by atoms with Gasteiger partial charge in [-0.3, -0.25) is 4.79 Å². The molecule has 100 valence electrons. The average Bonchev–Trinajstić information content (AvgIpc) is 2.38. The number of carboxylic acids is 1. The van der Waals surface area contributed by atoms with Crippen molar-refractivity contribution in [2.75, 3.05) is 32.8 Å². The molecule has 1 saturated heterocycles. The van der Waals surface area contributed by atoms with Crippen LogP contribution in [0, 0.1) is 0 Å². The van der Waals surface area contributed by atoms with Gasteiger partial charge < -0.3 is 19.6 Å². The van der Waals surface area contributed by atoms with E-state index in [0.717, 1.165) is 13.0 Å². The van der Waals surface area contributed by atoms with Crippen LogP contribution in [-0.4, -0.2) is 65.8 Å². The first-order valence-corrected chi connectivity index (χ1v) is 6.19. The molecule has 2 heterocycles. The molecule has 6 nitrogen and oxygen atoms in total. The van der Waals surface area contributed by atoms with E-state index in [1.54, 1.807) is 9.80 Å². The quantitative estimate of drug-likeness (QED) is 0.730. The first kappa shape index (κ1) is 12.9. The molecule has 2 aliphatic heterocycles. The van der Waals surface area contributed by atoms with Gasteiger partial charge in [0.1, 0.15) is 0 Å². The maximum atomic E-state index is 12.2. The maximum absolute atomic E-state index is 12.2. The fraction of sp³-hybridized carbons (Fsp3) is 0.667. The molecular weight excluding hydrogens is 236 g/mol. The number of rotatable bonds is 2. The summed E-state index contributed by atoms with van der Waals surface area (Å²) in [5.74, 6) is -0.893. The summed E-state index contributed by atoms with van der Waals surface area (Å²) in [7, 11) is 0. The second kappa shape index (κ2) is 5.86. The van der Waals surface area contributed by atoms with Crippen LogP contribution < -0.4 is 0 Å². The molecule has 2 aliphatic rings. The zero-order chi connectivity index (χ0) is 13.0. The van der Waals surface area contributed by atoms with Crippen LogP contribution in [0.15, 0.2) is 12.2 Å². The molecular formula is C12H18N2O4. The van der Waals surface area contributed by atoms with E-state index in [1.165, 1.54) is 0 Å². The lowest BCUT2D eigenvalue weighted by Gasteiger charge is -2.36. The molecule has 0 aliphatic carbocycles. The highest BCUT2D eigenvalue weighted by Crippen LogP contribution is 2.12. The van der Waals surface area contributed by atoms with Crippen molar-refractivity contribution in [1.29, 1.82) is 0 Å². The van der Waals surface area contributed by atoms with Crippen LogP contribution in [-0.2, 0) is 9.53 Å². The second-order valence-electron chi connectivity index (χ2n) is 4.53. The number of carbonyl (C=O) groups excluding carboxylic acids is 1. The fourth-order valence-corrected chi connectivity index (χ4v) is 2.23. The zero-order valence-corrected chi connectivity index (χ0v) is 10.2. The minimum absolute atomic E-state index is 0.0157. The summed E-state index contributed by atoms with van der Waals surface area (Å²) >= 11 is 0. The Kier molecular flexibility index (Phi) is 4.19. The van der Waals surface area contributed by atoms with Gasteiger partial charge in [0, 0.05) is 26.2 Å². The van der Waals surface area contributed by atoms with Gasteiger partial charge in [0.25, 0.3) is 0 Å². The Bertz CT molecular complexity index is 356. The highest BCUT2D eigenvalue weighted by molar-refractivity contribution is 5.75. The van der Waals surface area contributed by atoms with Crippen molar-refractivity contribution in [1.82, 2.24) is 9.80 Å². The summed E-state index contributed by atoms with van der Waals surface area (Å²) in [6.45, 7) is 2.68. The van der Waals surface area contributed by atoms with Gasteiger partial charge in [0.15, 0.2) is 0 Å². The monoisotopic (exact) mass is 254 g/mol. The van der Waals surface area contributed by atoms with Gasteiger partial charge in [-0.15, -0.1) is 0 Å². The van der Waals surface area contributed by atoms with Crippen molar-refractivity contribution in [3.8, 4) is 0 Å². The number of nitrogens with zero attached hydrogens (tertiary/aromatic N) is 2. The van der Waals surface area contributed by atoms with Crippen molar-refractivity contribution in [3.05, 3.63) is 12.2 Å². The van der Waals surface area contributed by atoms with E-state index < -0.39 is 5.97 Å². The normalized spacial score (nSPS) is 24.1. The summed E-state index contributed by atoms with van der Waals surface area (Å²) in [5, 5.41) is 8.74. The largest absolute Gasteiger partial charge is 0.481 e. The molecule has 6 heteroatoms. The maximum Gasteiger partial charge on any atom is 0.320 e. The van der Waals surface area contributed by atoms with E-state index >= 15 is 0 Å². The van der Waals surface area contributed by atoms with Crippen molar-refractivity contribution >= 4 is 12.0 Å². The molecule has 2 amide bonds. The Balaban J connectivity index is 1.89. The molecule has 1 fully saturated rings. The Labute approximate surface area is 106 Å². The number of amides is 2. The Hall–Kier alpha value is -1.56. The van der Waals surface area contributed by atoms with Crippen molar-refractivity contribution in [2.24, 2.45) is 0 Å². The summed E-state index contributed by atoms with van der Waals surface area (Å²) in [6, 6.07) is -0.0157. The topological polar surface area (TPSA) is 70.1 Å². The molecule has 0 spiro atoms. The Morgan fingerprint density at radius 2 is 2.11 bits per heavy atom. The van der Waals surface area contributed by atoms with Crippen LogP contribution in [0.2, 0.25) is 0 Å². The third-order valence-corrected chi connectivity index (χ3v) is 3.14. The molecule has 0 bridgehead atoms. The van der Waals surface area contributed by atoms with Crippen molar-refractivity contribution in [2.45, 2.75) is 18.9 Å². The van der Waals surface area contributed by atoms with Gasteiger partial charge in [0.05, 0.1) is 19.1 Å². The third kappa shape index (κ3) is 3.22. The SMILES string of the molecule is O=C(O)CC1CN(C(=O)N2CC=CCC2)CCO1.